The molecule has 1 aromatic carbocycles. The van der Waals surface area contributed by atoms with Gasteiger partial charge in [0, 0.05) is 0 Å². The lowest BCUT2D eigenvalue weighted by molar-refractivity contribution is 0.411. The van der Waals surface area contributed by atoms with Gasteiger partial charge in [-0.25, -0.2) is 0 Å². The lowest BCUT2D eigenvalue weighted by Gasteiger charge is -2.12. The summed E-state index contributed by atoms with van der Waals surface area (Å²) in [6, 6.07) is 4.24. The standard InChI is InChI=1S/C13H21NO/c1-10-11(2)13(15-4)8-7-12(10)6-5-9-14-3/h7-8,14H,5-6,9H2,1-4H3. The van der Waals surface area contributed by atoms with E-state index in [9.17, 15) is 0 Å². The second-order valence-corrected chi connectivity index (χ2v) is 3.88. The first kappa shape index (κ1) is 12.1. The molecule has 0 saturated carbocycles. The molecule has 1 N–H and O–H groups in total. The molecule has 15 heavy (non-hydrogen) atoms. The Hall–Kier alpha value is -1.02. The van der Waals surface area contributed by atoms with Crippen LogP contribution in [0.15, 0.2) is 12.1 Å². The van der Waals surface area contributed by atoms with Crippen molar-refractivity contribution < 1.29 is 4.74 Å². The highest BCUT2D eigenvalue weighted by atomic mass is 16.5. The summed E-state index contributed by atoms with van der Waals surface area (Å²) in [5.74, 6) is 0.991. The molecular weight excluding hydrogens is 186 g/mol. The van der Waals surface area contributed by atoms with Crippen molar-refractivity contribution in [3.63, 3.8) is 0 Å². The second kappa shape index (κ2) is 5.76. The van der Waals surface area contributed by atoms with E-state index in [0.29, 0.717) is 0 Å². The fourth-order valence-corrected chi connectivity index (χ4v) is 1.80. The Balaban J connectivity index is 2.77. The second-order valence-electron chi connectivity index (χ2n) is 3.88. The molecule has 0 atom stereocenters. The third-order valence-electron chi connectivity index (χ3n) is 2.94. The van der Waals surface area contributed by atoms with E-state index in [2.05, 4.69) is 31.3 Å². The van der Waals surface area contributed by atoms with E-state index >= 15 is 0 Å². The summed E-state index contributed by atoms with van der Waals surface area (Å²) in [4.78, 5) is 0. The zero-order valence-electron chi connectivity index (χ0n) is 10.2. The number of rotatable bonds is 5. The minimum Gasteiger partial charge on any atom is -0.496 e. The van der Waals surface area contributed by atoms with Crippen LogP contribution < -0.4 is 10.1 Å². The predicted molar refractivity (Wildman–Crippen MR) is 64.7 cm³/mol. The van der Waals surface area contributed by atoms with Crippen molar-refractivity contribution in [3.8, 4) is 5.75 Å². The van der Waals surface area contributed by atoms with Crippen molar-refractivity contribution >= 4 is 0 Å². The van der Waals surface area contributed by atoms with Crippen LogP contribution in [0.3, 0.4) is 0 Å². The Kier molecular flexibility index (Phi) is 4.63. The third-order valence-corrected chi connectivity index (χ3v) is 2.94. The molecule has 0 spiro atoms. The Morgan fingerprint density at radius 3 is 2.53 bits per heavy atom. The largest absolute Gasteiger partial charge is 0.496 e. The van der Waals surface area contributed by atoms with Crippen LogP contribution >= 0.6 is 0 Å². The number of nitrogens with one attached hydrogen (secondary N) is 1. The first-order chi connectivity index (χ1) is 7.20. The minimum atomic E-state index is 0.991. The maximum atomic E-state index is 5.29. The molecule has 2 heteroatoms. The highest BCUT2D eigenvalue weighted by molar-refractivity contribution is 5.43. The zero-order chi connectivity index (χ0) is 11.3. The summed E-state index contributed by atoms with van der Waals surface area (Å²) < 4.78 is 5.29. The van der Waals surface area contributed by atoms with E-state index in [1.807, 2.05) is 7.05 Å². The third kappa shape index (κ3) is 2.96. The quantitative estimate of drug-likeness (QED) is 0.749. The highest BCUT2D eigenvalue weighted by Crippen LogP contribution is 2.24. The number of ether oxygens (including phenoxy) is 1. The fraction of sp³-hybridized carbons (Fsp3) is 0.538. The van der Waals surface area contributed by atoms with Gasteiger partial charge in [-0.15, -0.1) is 0 Å². The topological polar surface area (TPSA) is 21.3 Å². The van der Waals surface area contributed by atoms with Gasteiger partial charge in [0.2, 0.25) is 0 Å². The molecular formula is C13H21NO. The average molecular weight is 207 g/mol. The Labute approximate surface area is 92.6 Å². The number of methoxy groups -OCH3 is 1. The molecule has 0 amide bonds. The van der Waals surface area contributed by atoms with Gasteiger partial charge < -0.3 is 10.1 Å². The van der Waals surface area contributed by atoms with Gasteiger partial charge in [-0.1, -0.05) is 6.07 Å². The van der Waals surface area contributed by atoms with E-state index < -0.39 is 0 Å². The Bertz CT molecular complexity index is 321. The van der Waals surface area contributed by atoms with Gasteiger partial charge in [-0.2, -0.15) is 0 Å². The summed E-state index contributed by atoms with van der Waals surface area (Å²) in [6.45, 7) is 5.37. The average Bonchev–Trinajstić information content (AvgIpc) is 2.25. The predicted octanol–water partition coefficient (Wildman–Crippen LogP) is 2.46. The van der Waals surface area contributed by atoms with Crippen molar-refractivity contribution in [1.29, 1.82) is 0 Å². The van der Waals surface area contributed by atoms with Gasteiger partial charge >= 0.3 is 0 Å². The first-order valence-electron chi connectivity index (χ1n) is 5.48. The van der Waals surface area contributed by atoms with Crippen LogP contribution in [0, 0.1) is 13.8 Å². The van der Waals surface area contributed by atoms with Crippen LogP contribution in [-0.4, -0.2) is 20.7 Å². The molecule has 1 aromatic rings. The molecule has 0 heterocycles. The molecule has 0 fully saturated rings. The summed E-state index contributed by atoms with van der Waals surface area (Å²) in [7, 11) is 3.72. The monoisotopic (exact) mass is 207 g/mol. The van der Waals surface area contributed by atoms with Crippen molar-refractivity contribution in [2.45, 2.75) is 26.7 Å². The minimum absolute atomic E-state index is 0.991. The normalized spacial score (nSPS) is 10.4. The summed E-state index contributed by atoms with van der Waals surface area (Å²) in [5, 5.41) is 3.17. The van der Waals surface area contributed by atoms with Crippen molar-refractivity contribution in [1.82, 2.24) is 5.32 Å². The zero-order valence-corrected chi connectivity index (χ0v) is 10.2. The Morgan fingerprint density at radius 2 is 1.93 bits per heavy atom. The van der Waals surface area contributed by atoms with E-state index in [-0.39, 0.29) is 0 Å². The van der Waals surface area contributed by atoms with Crippen LogP contribution in [-0.2, 0) is 6.42 Å². The molecule has 0 saturated heterocycles. The van der Waals surface area contributed by atoms with E-state index in [1.165, 1.54) is 23.1 Å². The molecule has 0 unspecified atom stereocenters. The van der Waals surface area contributed by atoms with Crippen molar-refractivity contribution in [2.24, 2.45) is 0 Å². The van der Waals surface area contributed by atoms with Gasteiger partial charge in [0.15, 0.2) is 0 Å². The number of hydrogen-bond acceptors (Lipinski definition) is 2. The molecule has 0 bridgehead atoms. The number of hydrogen-bond donors (Lipinski definition) is 1. The number of benzene rings is 1. The summed E-state index contributed by atoms with van der Waals surface area (Å²) >= 11 is 0. The van der Waals surface area contributed by atoms with Crippen LogP contribution in [0.5, 0.6) is 5.75 Å². The number of aryl methyl sites for hydroxylation is 1. The molecule has 0 radical (unpaired) electrons. The molecule has 0 aliphatic rings. The van der Waals surface area contributed by atoms with Crippen LogP contribution in [0.1, 0.15) is 23.1 Å². The van der Waals surface area contributed by atoms with Crippen LogP contribution in [0.4, 0.5) is 0 Å². The molecule has 2 nitrogen and oxygen atoms in total. The van der Waals surface area contributed by atoms with E-state index in [0.717, 1.165) is 18.7 Å². The maximum absolute atomic E-state index is 5.29. The highest BCUT2D eigenvalue weighted by Gasteiger charge is 2.05. The summed E-state index contributed by atoms with van der Waals surface area (Å²) in [6.07, 6.45) is 2.32. The van der Waals surface area contributed by atoms with Crippen LogP contribution in [0.2, 0.25) is 0 Å². The van der Waals surface area contributed by atoms with E-state index in [4.69, 9.17) is 4.74 Å². The van der Waals surface area contributed by atoms with Gasteiger partial charge in [0.1, 0.15) is 5.75 Å². The van der Waals surface area contributed by atoms with E-state index in [1.54, 1.807) is 7.11 Å². The fourth-order valence-electron chi connectivity index (χ4n) is 1.80. The molecule has 0 aliphatic heterocycles. The Morgan fingerprint density at radius 1 is 1.20 bits per heavy atom. The first-order valence-corrected chi connectivity index (χ1v) is 5.48. The van der Waals surface area contributed by atoms with Gasteiger partial charge in [-0.05, 0) is 63.0 Å². The molecule has 0 aliphatic carbocycles. The maximum Gasteiger partial charge on any atom is 0.122 e. The SMILES string of the molecule is CNCCCc1ccc(OC)c(C)c1C. The smallest absolute Gasteiger partial charge is 0.122 e. The lowest BCUT2D eigenvalue weighted by Crippen LogP contribution is -2.09. The van der Waals surface area contributed by atoms with Gasteiger partial charge in [-0.3, -0.25) is 0 Å². The summed E-state index contributed by atoms with van der Waals surface area (Å²) in [5.41, 5.74) is 4.06. The molecule has 0 aromatic heterocycles. The van der Waals surface area contributed by atoms with Crippen molar-refractivity contribution in [2.75, 3.05) is 20.7 Å². The van der Waals surface area contributed by atoms with Gasteiger partial charge in [0.05, 0.1) is 7.11 Å². The van der Waals surface area contributed by atoms with Gasteiger partial charge in [0.25, 0.3) is 0 Å². The lowest BCUT2D eigenvalue weighted by atomic mass is 9.99. The molecule has 1 rings (SSSR count). The molecule has 84 valence electrons. The van der Waals surface area contributed by atoms with Crippen LogP contribution in [0.25, 0.3) is 0 Å². The van der Waals surface area contributed by atoms with Crippen molar-refractivity contribution in [3.05, 3.63) is 28.8 Å².